The zero-order valence-electron chi connectivity index (χ0n) is 22.0. The predicted molar refractivity (Wildman–Crippen MR) is 157 cm³/mol. The maximum atomic E-state index is 13.9. The number of carbonyl (C=O) groups excluding carboxylic acids is 1. The second-order valence-electron chi connectivity index (χ2n) is 9.59. The smallest absolute Gasteiger partial charge is 0.251 e. The Kier molecular flexibility index (Phi) is 12.7. The second kappa shape index (κ2) is 16.0. The Morgan fingerprint density at radius 1 is 0.974 bits per heavy atom. The van der Waals surface area contributed by atoms with Gasteiger partial charge in [-0.2, -0.15) is 0 Å². The van der Waals surface area contributed by atoms with E-state index in [9.17, 15) is 23.8 Å². The minimum absolute atomic E-state index is 0.0486. The predicted octanol–water partition coefficient (Wildman–Crippen LogP) is 4.27. The van der Waals surface area contributed by atoms with Gasteiger partial charge in [0.2, 0.25) is 0 Å². The van der Waals surface area contributed by atoms with Crippen molar-refractivity contribution in [2.45, 2.75) is 45.0 Å². The number of aliphatic hydroxyl groups is 2. The van der Waals surface area contributed by atoms with E-state index < -0.39 is 23.8 Å². The number of nitrogens with one attached hydrogen (secondary N) is 2. The van der Waals surface area contributed by atoms with E-state index in [2.05, 4.69) is 45.0 Å². The molecule has 0 aliphatic heterocycles. The Morgan fingerprint density at radius 3 is 2.38 bits per heavy atom. The summed E-state index contributed by atoms with van der Waals surface area (Å²) in [5, 5.41) is 26.5. The first-order chi connectivity index (χ1) is 18.8. The molecule has 2 atom stereocenters. The van der Waals surface area contributed by atoms with Crippen molar-refractivity contribution in [1.82, 2.24) is 15.5 Å². The monoisotopic (exact) mass is 651 g/mol. The van der Waals surface area contributed by atoms with Gasteiger partial charge in [-0.25, -0.2) is 8.78 Å². The Balaban J connectivity index is 1.73. The average molecular weight is 652 g/mol. The maximum absolute atomic E-state index is 13.9. The summed E-state index contributed by atoms with van der Waals surface area (Å²) in [6, 6.07) is 17.6. The quantitative estimate of drug-likeness (QED) is 0.185. The van der Waals surface area contributed by atoms with Gasteiger partial charge in [-0.1, -0.05) is 31.2 Å². The maximum Gasteiger partial charge on any atom is 0.251 e. The molecule has 0 saturated carbocycles. The second-order valence-corrected chi connectivity index (χ2v) is 10.8. The number of hydrogen-bond acceptors (Lipinski definition) is 5. The molecule has 9 heteroatoms. The molecule has 0 aliphatic rings. The van der Waals surface area contributed by atoms with Crippen molar-refractivity contribution in [3.8, 4) is 0 Å². The van der Waals surface area contributed by atoms with Crippen LogP contribution in [0.1, 0.15) is 40.4 Å². The van der Waals surface area contributed by atoms with Crippen molar-refractivity contribution < 1.29 is 23.8 Å². The Hall–Kier alpha value is -2.44. The third-order valence-electron chi connectivity index (χ3n) is 6.28. The summed E-state index contributed by atoms with van der Waals surface area (Å²) in [6.45, 7) is 4.77. The van der Waals surface area contributed by atoms with E-state index in [1.807, 2.05) is 30.3 Å². The van der Waals surface area contributed by atoms with Crippen LogP contribution in [0.4, 0.5) is 8.78 Å². The van der Waals surface area contributed by atoms with Crippen LogP contribution in [0.2, 0.25) is 0 Å². The van der Waals surface area contributed by atoms with Gasteiger partial charge in [0.15, 0.2) is 0 Å². The summed E-state index contributed by atoms with van der Waals surface area (Å²) in [7, 11) is 0. The molecule has 39 heavy (non-hydrogen) atoms. The van der Waals surface area contributed by atoms with E-state index in [0.29, 0.717) is 30.8 Å². The lowest BCUT2D eigenvalue weighted by Crippen LogP contribution is -2.48. The van der Waals surface area contributed by atoms with Gasteiger partial charge < -0.3 is 20.8 Å². The third-order valence-corrected chi connectivity index (χ3v) is 6.95. The first-order valence-corrected chi connectivity index (χ1v) is 14.2. The fourth-order valence-electron chi connectivity index (χ4n) is 4.47. The van der Waals surface area contributed by atoms with Crippen LogP contribution in [-0.4, -0.2) is 59.4 Å². The summed E-state index contributed by atoms with van der Waals surface area (Å²) in [5.74, 6) is -1.82. The zero-order chi connectivity index (χ0) is 28.2. The van der Waals surface area contributed by atoms with E-state index in [1.54, 1.807) is 18.2 Å². The highest BCUT2D eigenvalue weighted by molar-refractivity contribution is 14.1. The van der Waals surface area contributed by atoms with Crippen LogP contribution in [0.25, 0.3) is 0 Å². The largest absolute Gasteiger partial charge is 0.395 e. The van der Waals surface area contributed by atoms with E-state index in [0.717, 1.165) is 33.7 Å². The van der Waals surface area contributed by atoms with Gasteiger partial charge in [0.25, 0.3) is 5.91 Å². The number of carbonyl (C=O) groups is 1. The van der Waals surface area contributed by atoms with Crippen molar-refractivity contribution in [3.63, 3.8) is 0 Å². The molecule has 0 spiro atoms. The van der Waals surface area contributed by atoms with Crippen LogP contribution >= 0.6 is 22.6 Å². The molecule has 0 fully saturated rings. The number of benzene rings is 3. The van der Waals surface area contributed by atoms with E-state index in [1.165, 1.54) is 12.1 Å². The topological polar surface area (TPSA) is 84.8 Å². The average Bonchev–Trinajstić information content (AvgIpc) is 2.88. The van der Waals surface area contributed by atoms with Crippen LogP contribution in [0.5, 0.6) is 0 Å². The van der Waals surface area contributed by atoms with Gasteiger partial charge >= 0.3 is 0 Å². The summed E-state index contributed by atoms with van der Waals surface area (Å²) in [4.78, 5) is 15.4. The Bertz CT molecular complexity index is 1190. The molecule has 1 amide bonds. The summed E-state index contributed by atoms with van der Waals surface area (Å²) in [5.41, 5.74) is 2.73. The fraction of sp³-hybridized carbons (Fsp3) is 0.367. The highest BCUT2D eigenvalue weighted by atomic mass is 127. The molecule has 3 aromatic rings. The Morgan fingerprint density at radius 2 is 1.69 bits per heavy atom. The number of amides is 1. The lowest BCUT2D eigenvalue weighted by Gasteiger charge is -2.25. The van der Waals surface area contributed by atoms with Crippen molar-refractivity contribution in [2.24, 2.45) is 0 Å². The summed E-state index contributed by atoms with van der Waals surface area (Å²) in [6.07, 6.45) is -0.0267. The number of hydrogen-bond donors (Lipinski definition) is 4. The van der Waals surface area contributed by atoms with Gasteiger partial charge in [-0.15, -0.1) is 0 Å². The normalized spacial score (nSPS) is 12.9. The first-order valence-electron chi connectivity index (χ1n) is 13.1. The highest BCUT2D eigenvalue weighted by Gasteiger charge is 2.23. The molecule has 3 rings (SSSR count). The molecular weight excluding hydrogens is 615 g/mol. The van der Waals surface area contributed by atoms with Crippen molar-refractivity contribution >= 4 is 28.5 Å². The standard InChI is InChI=1S/C30H36F2IN3O3/c1-2-9-36(10-11-37)20-22-6-3-7-24(12-22)30(39)35-28(16-23-13-25(31)17-26(32)14-23)29(38)19-34-18-21-5-4-8-27(33)15-21/h3-8,12-15,17,28-29,34,37-38H,2,9-11,16,18-20H2,1H3,(H,35,39)/t28-,29+/m0/s1. The molecule has 0 heterocycles. The summed E-state index contributed by atoms with van der Waals surface area (Å²) < 4.78 is 28.8. The minimum Gasteiger partial charge on any atom is -0.395 e. The van der Waals surface area contributed by atoms with E-state index in [4.69, 9.17) is 0 Å². The molecule has 0 unspecified atom stereocenters. The number of halogens is 3. The Labute approximate surface area is 242 Å². The third kappa shape index (κ3) is 10.6. The van der Waals surface area contributed by atoms with Gasteiger partial charge in [-0.05, 0) is 95.1 Å². The molecule has 0 saturated heterocycles. The van der Waals surface area contributed by atoms with Crippen LogP contribution in [-0.2, 0) is 19.5 Å². The molecule has 0 bridgehead atoms. The van der Waals surface area contributed by atoms with Crippen molar-refractivity contribution in [2.75, 3.05) is 26.2 Å². The lowest BCUT2D eigenvalue weighted by atomic mass is 9.99. The molecule has 4 N–H and O–H groups in total. The summed E-state index contributed by atoms with van der Waals surface area (Å²) >= 11 is 2.23. The number of aliphatic hydroxyl groups excluding tert-OH is 2. The molecular formula is C30H36F2IN3O3. The van der Waals surface area contributed by atoms with Gasteiger partial charge in [0.05, 0.1) is 18.8 Å². The molecule has 0 aliphatic carbocycles. The fourth-order valence-corrected chi connectivity index (χ4v) is 5.08. The van der Waals surface area contributed by atoms with Crippen LogP contribution in [0.15, 0.2) is 66.7 Å². The van der Waals surface area contributed by atoms with Crippen LogP contribution in [0.3, 0.4) is 0 Å². The highest BCUT2D eigenvalue weighted by Crippen LogP contribution is 2.14. The molecule has 210 valence electrons. The van der Waals surface area contributed by atoms with E-state index in [-0.39, 0.29) is 25.5 Å². The molecule has 6 nitrogen and oxygen atoms in total. The number of nitrogens with zero attached hydrogens (tertiary/aromatic N) is 1. The lowest BCUT2D eigenvalue weighted by molar-refractivity contribution is 0.0829. The van der Waals surface area contributed by atoms with Crippen LogP contribution < -0.4 is 10.6 Å². The molecule has 0 aromatic heterocycles. The first kappa shape index (κ1) is 31.1. The van der Waals surface area contributed by atoms with Crippen molar-refractivity contribution in [1.29, 1.82) is 0 Å². The van der Waals surface area contributed by atoms with Crippen molar-refractivity contribution in [3.05, 3.63) is 104 Å². The van der Waals surface area contributed by atoms with E-state index >= 15 is 0 Å². The SMILES string of the molecule is CCCN(CCO)Cc1cccc(C(=O)N[C@@H](Cc2cc(F)cc(F)c2)[C@H](O)CNCc2cccc(I)c2)c1. The van der Waals surface area contributed by atoms with Gasteiger partial charge in [0, 0.05) is 41.4 Å². The van der Waals surface area contributed by atoms with Gasteiger partial charge in [-0.3, -0.25) is 9.69 Å². The van der Waals surface area contributed by atoms with Gasteiger partial charge in [0.1, 0.15) is 11.6 Å². The zero-order valence-corrected chi connectivity index (χ0v) is 24.2. The molecule has 0 radical (unpaired) electrons. The molecule has 3 aromatic carbocycles. The van der Waals surface area contributed by atoms with Crippen LogP contribution in [0, 0.1) is 15.2 Å². The number of rotatable bonds is 15. The minimum atomic E-state index is -1.02.